The number of cyclic esters (lactones) is 1. The Morgan fingerprint density at radius 1 is 0.734 bits per heavy atom. The van der Waals surface area contributed by atoms with Crippen LogP contribution >= 0.6 is 0 Å². The number of fused-ring (bicyclic) bond motifs is 3. The highest BCUT2D eigenvalue weighted by Gasteiger charge is 2.53. The van der Waals surface area contributed by atoms with Gasteiger partial charge in [-0.05, 0) is 137 Å². The molecule has 452 valence electrons. The molecule has 2 saturated heterocycles. The summed E-state index contributed by atoms with van der Waals surface area (Å²) in [5, 5.41) is 24.5. The first-order valence-electron chi connectivity index (χ1n) is 30.6. The zero-order chi connectivity index (χ0) is 58.8. The minimum absolute atomic E-state index is 0.0194. The van der Waals surface area contributed by atoms with Gasteiger partial charge < -0.3 is 53.4 Å². The van der Waals surface area contributed by atoms with E-state index in [9.17, 15) is 29.4 Å². The van der Waals surface area contributed by atoms with Gasteiger partial charge in [0.1, 0.15) is 18.2 Å². The summed E-state index contributed by atoms with van der Waals surface area (Å²) in [6.07, 6.45) is 13.0. The lowest BCUT2D eigenvalue weighted by Gasteiger charge is -2.43. The summed E-state index contributed by atoms with van der Waals surface area (Å²) in [4.78, 5) is 59.7. The fourth-order valence-electron chi connectivity index (χ4n) is 12.9. The Bertz CT molecular complexity index is 2040. The molecule has 0 spiro atoms. The van der Waals surface area contributed by atoms with E-state index in [-0.39, 0.29) is 55.1 Å². The second kappa shape index (κ2) is 32.4. The van der Waals surface area contributed by atoms with Gasteiger partial charge in [0.25, 0.3) is 11.7 Å². The van der Waals surface area contributed by atoms with Gasteiger partial charge in [0, 0.05) is 64.5 Å². The maximum atomic E-state index is 14.8. The van der Waals surface area contributed by atoms with Gasteiger partial charge in [-0.2, -0.15) is 0 Å². The number of piperidine rings is 1. The molecule has 1 saturated carbocycles. The molecule has 0 radical (unpaired) electrons. The van der Waals surface area contributed by atoms with Crippen LogP contribution in [0.5, 0.6) is 0 Å². The fourth-order valence-corrected chi connectivity index (χ4v) is 18.6. The average molecular weight is 1150 g/mol. The minimum Gasteiger partial charge on any atom is -0.459 e. The molecule has 15 nitrogen and oxygen atoms in total. The second-order valence-corrected chi connectivity index (χ2v) is 33.6. The predicted octanol–water partition coefficient (Wildman–Crippen LogP) is 10.7. The first kappa shape index (κ1) is 68.8. The molecule has 3 aliphatic heterocycles. The summed E-state index contributed by atoms with van der Waals surface area (Å²) in [5.41, 5.74) is 8.89. The molecule has 4 N–H and O–H groups in total. The number of esters is 1. The maximum absolute atomic E-state index is 14.8. The van der Waals surface area contributed by atoms with Crippen molar-refractivity contribution in [1.82, 2.24) is 4.90 Å². The number of carbonyl (C=O) groups excluding carboxylic acids is 4. The number of Topliss-reactive ketones (excluding diaryl/α,β-unsaturated/α-hetero) is 2. The smallest absolute Gasteiger partial charge is 0.329 e. The van der Waals surface area contributed by atoms with Crippen LogP contribution in [-0.4, -0.2) is 150 Å². The minimum atomic E-state index is -2.43. The third kappa shape index (κ3) is 18.2. The Balaban J connectivity index is 1.80. The van der Waals surface area contributed by atoms with Crippen molar-refractivity contribution in [3.05, 3.63) is 47.6 Å². The molecule has 1 aliphatic carbocycles. The molecular formula is C62H108N2O13Si2. The number of hydrogen-bond donors (Lipinski definition) is 3. The number of ether oxygens (including phenoxy) is 5. The van der Waals surface area contributed by atoms with E-state index in [1.807, 2.05) is 58.1 Å². The number of allylic oxidation sites excluding steroid dienone is 5. The molecule has 2 bridgehead atoms. The largest absolute Gasteiger partial charge is 0.459 e. The number of amides is 1. The standard InChI is InChI=1S/C62H108N2O13Si2/c1-16-78(17-2,18-3)76-52-33-31-47(38-55(52)72-14)37-49(63)54-40-51(65)43(9)36-45(11)57(77-79(19-4,20-5)21-6)58(73-15)56(66)44(10)35-41(7)27-23-22-24-28-42(8)53(71-13)39-48-32-30-46(12)62(70,75-48)59(67)60(68)64-34-26-25-29-50(64)61(69)74-54/h22-24,27-28,36,41,43-44,46-55,57-58,65,70H,16-21,25-26,29-35,37-40,63H2,1-15H3/b24-22+,27-23+,42-28+,45-36+/t41-,43-,44-,46-,47+,48+,49-,50+,51-,52?,53+,54+,55-,57?,58+,62-/m1/s1. The van der Waals surface area contributed by atoms with Gasteiger partial charge in [0.2, 0.25) is 5.79 Å². The van der Waals surface area contributed by atoms with E-state index in [1.54, 1.807) is 28.3 Å². The Kier molecular flexibility index (Phi) is 28.2. The molecular weight excluding hydrogens is 1040 g/mol. The van der Waals surface area contributed by atoms with Gasteiger partial charge in [0.05, 0.1) is 36.6 Å². The monoisotopic (exact) mass is 1140 g/mol. The molecule has 0 aromatic heterocycles. The van der Waals surface area contributed by atoms with Crippen LogP contribution in [-0.2, 0) is 51.7 Å². The highest BCUT2D eigenvalue weighted by atomic mass is 28.4. The fraction of sp³-hybridized carbons (Fsp3) is 0.806. The van der Waals surface area contributed by atoms with E-state index in [4.69, 9.17) is 38.3 Å². The number of aliphatic hydroxyl groups is 2. The normalized spacial score (nSPS) is 36.8. The SMILES string of the molecule is CC[Si](CC)(CC)OC1CC[C@@H](C[C@@H](N)[C@@H]2C[C@@H](O)[C@H](C)/C=C(\C)C(O[Si](CC)(CC)CC)[C@@H](OC)C(=O)[C@H](C)C[C@H](C)/C=C/C=C/C=C(\C)[C@@H](OC)C[C@@H]3CC[C@@H](C)[C@@](O)(O3)C(=O)C(=O)N3CCCC[C@H]3C(=O)O2)C[C@H]1OC. The van der Waals surface area contributed by atoms with Gasteiger partial charge >= 0.3 is 5.97 Å². The summed E-state index contributed by atoms with van der Waals surface area (Å²) in [6.45, 7) is 24.8. The van der Waals surface area contributed by atoms with E-state index in [0.29, 0.717) is 51.4 Å². The topological polar surface area (TPSA) is 203 Å². The maximum Gasteiger partial charge on any atom is 0.329 e. The number of aliphatic hydroxyl groups excluding tert-OH is 1. The molecule has 4 rings (SSSR count). The van der Waals surface area contributed by atoms with Gasteiger partial charge in [-0.25, -0.2) is 4.79 Å². The zero-order valence-electron chi connectivity index (χ0n) is 51.5. The molecule has 3 fully saturated rings. The van der Waals surface area contributed by atoms with Crippen LogP contribution in [0.1, 0.15) is 160 Å². The summed E-state index contributed by atoms with van der Waals surface area (Å²) in [5.74, 6) is -6.74. The number of nitrogens with zero attached hydrogens (tertiary/aromatic N) is 1. The van der Waals surface area contributed by atoms with E-state index in [1.165, 1.54) is 4.90 Å². The lowest BCUT2D eigenvalue weighted by Crippen LogP contribution is -2.61. The van der Waals surface area contributed by atoms with E-state index in [2.05, 4.69) is 54.5 Å². The third-order valence-electron chi connectivity index (χ3n) is 19.0. The average Bonchev–Trinajstić information content (AvgIpc) is 3.49. The van der Waals surface area contributed by atoms with Crippen molar-refractivity contribution in [3.8, 4) is 0 Å². The number of rotatable bonds is 16. The van der Waals surface area contributed by atoms with Crippen LogP contribution < -0.4 is 5.73 Å². The molecule has 79 heavy (non-hydrogen) atoms. The molecule has 2 unspecified atom stereocenters. The van der Waals surface area contributed by atoms with Gasteiger partial charge in [-0.3, -0.25) is 14.4 Å². The molecule has 0 aromatic rings. The Morgan fingerprint density at radius 3 is 1.99 bits per heavy atom. The van der Waals surface area contributed by atoms with Crippen LogP contribution in [0.25, 0.3) is 0 Å². The molecule has 16 atom stereocenters. The number of carbonyl (C=O) groups is 4. The molecule has 1 amide bonds. The number of methoxy groups -OCH3 is 3. The number of ketones is 2. The van der Waals surface area contributed by atoms with Crippen LogP contribution in [0.15, 0.2) is 47.6 Å². The summed E-state index contributed by atoms with van der Waals surface area (Å²) in [6, 6.07) is 3.81. The first-order chi connectivity index (χ1) is 37.5. The van der Waals surface area contributed by atoms with Crippen molar-refractivity contribution in [1.29, 1.82) is 0 Å². The zero-order valence-corrected chi connectivity index (χ0v) is 53.5. The lowest BCUT2D eigenvalue weighted by molar-refractivity contribution is -0.265. The Labute approximate surface area is 478 Å². The molecule has 0 aromatic carbocycles. The third-order valence-corrected chi connectivity index (χ3v) is 28.3. The van der Waals surface area contributed by atoms with Gasteiger partial charge in [-0.15, -0.1) is 0 Å². The Hall–Kier alpha value is -2.69. The van der Waals surface area contributed by atoms with E-state index >= 15 is 0 Å². The molecule has 4 aliphatic rings. The predicted molar refractivity (Wildman–Crippen MR) is 317 cm³/mol. The van der Waals surface area contributed by atoms with Crippen LogP contribution in [0.4, 0.5) is 0 Å². The number of nitrogens with two attached hydrogens (primary N) is 1. The van der Waals surface area contributed by atoms with Crippen LogP contribution in [0, 0.1) is 29.6 Å². The van der Waals surface area contributed by atoms with Gasteiger partial charge in [-0.1, -0.05) is 106 Å². The summed E-state index contributed by atoms with van der Waals surface area (Å²) < 4.78 is 45.1. The quantitative estimate of drug-likeness (QED) is 0.0570. The highest BCUT2D eigenvalue weighted by Crippen LogP contribution is 2.39. The van der Waals surface area contributed by atoms with Crippen LogP contribution in [0.2, 0.25) is 36.3 Å². The van der Waals surface area contributed by atoms with Gasteiger partial charge in [0.15, 0.2) is 22.4 Å². The molecule has 3 heterocycles. The Morgan fingerprint density at radius 2 is 1.38 bits per heavy atom. The van der Waals surface area contributed by atoms with Crippen molar-refractivity contribution in [3.63, 3.8) is 0 Å². The summed E-state index contributed by atoms with van der Waals surface area (Å²) >= 11 is 0. The van der Waals surface area contributed by atoms with Crippen LogP contribution in [0.3, 0.4) is 0 Å². The highest BCUT2D eigenvalue weighted by molar-refractivity contribution is 6.74. The first-order valence-corrected chi connectivity index (χ1v) is 35.6. The van der Waals surface area contributed by atoms with Crippen molar-refractivity contribution in [2.24, 2.45) is 35.3 Å². The van der Waals surface area contributed by atoms with Crippen molar-refractivity contribution in [2.45, 2.75) is 263 Å². The number of hydrogen-bond acceptors (Lipinski definition) is 14. The van der Waals surface area contributed by atoms with Crippen molar-refractivity contribution in [2.75, 3.05) is 27.9 Å². The lowest BCUT2D eigenvalue weighted by atomic mass is 9.80. The molecule has 17 heteroatoms. The van der Waals surface area contributed by atoms with E-state index < -0.39 is 101 Å². The van der Waals surface area contributed by atoms with Crippen molar-refractivity contribution < 1.29 is 61.9 Å². The summed E-state index contributed by atoms with van der Waals surface area (Å²) in [7, 11) is 0.633. The second-order valence-electron chi connectivity index (χ2n) is 24.2. The van der Waals surface area contributed by atoms with E-state index in [0.717, 1.165) is 60.3 Å². The van der Waals surface area contributed by atoms with Crippen molar-refractivity contribution >= 4 is 40.1 Å².